The number of likely N-dealkylation sites (tertiary alicyclic amines) is 1. The van der Waals surface area contributed by atoms with Gasteiger partial charge in [0.15, 0.2) is 0 Å². The summed E-state index contributed by atoms with van der Waals surface area (Å²) in [5.74, 6) is 0.703. The Hall–Kier alpha value is -4.26. The van der Waals surface area contributed by atoms with Gasteiger partial charge in [0.1, 0.15) is 0 Å². The minimum Gasteiger partial charge on any atom is -0.339 e. The predicted molar refractivity (Wildman–Crippen MR) is 163 cm³/mol. The molecular weight excluding hydrogens is 510 g/mol. The van der Waals surface area contributed by atoms with E-state index in [9.17, 15) is 9.59 Å². The van der Waals surface area contributed by atoms with Gasteiger partial charge in [-0.3, -0.25) is 19.3 Å². The highest BCUT2D eigenvalue weighted by molar-refractivity contribution is 6.05. The number of nitrogens with zero attached hydrogens (tertiary/aromatic N) is 4. The first-order valence-corrected chi connectivity index (χ1v) is 14.4. The van der Waals surface area contributed by atoms with Gasteiger partial charge >= 0.3 is 0 Å². The molecule has 7 heteroatoms. The number of hydrogen-bond donors (Lipinski definition) is 1. The summed E-state index contributed by atoms with van der Waals surface area (Å²) in [6.45, 7) is 9.71. The second-order valence-electron chi connectivity index (χ2n) is 11.6. The van der Waals surface area contributed by atoms with Crippen LogP contribution in [0.4, 0.5) is 5.69 Å². The topological polar surface area (TPSA) is 80.1 Å². The maximum Gasteiger partial charge on any atom is 0.257 e. The molecule has 1 N–H and O–H groups in total. The molecule has 0 bridgehead atoms. The van der Waals surface area contributed by atoms with Crippen LogP contribution in [0.2, 0.25) is 0 Å². The summed E-state index contributed by atoms with van der Waals surface area (Å²) >= 11 is 0. The summed E-state index contributed by atoms with van der Waals surface area (Å²) in [4.78, 5) is 32.7. The Bertz CT molecular complexity index is 1530. The molecular formula is C34H39N5O2. The second kappa shape index (κ2) is 12.1. The monoisotopic (exact) mass is 549 g/mol. The van der Waals surface area contributed by atoms with Gasteiger partial charge in [-0.05, 0) is 85.9 Å². The summed E-state index contributed by atoms with van der Waals surface area (Å²) in [5.41, 5.74) is 8.41. The van der Waals surface area contributed by atoms with Crippen molar-refractivity contribution in [1.82, 2.24) is 19.7 Å². The summed E-state index contributed by atoms with van der Waals surface area (Å²) < 4.78 is 1.89. The number of benzene rings is 2. The average Bonchev–Trinajstić information content (AvgIpc) is 3.31. The van der Waals surface area contributed by atoms with Gasteiger partial charge in [0.2, 0.25) is 0 Å². The molecule has 41 heavy (non-hydrogen) atoms. The summed E-state index contributed by atoms with van der Waals surface area (Å²) in [7, 11) is 1.96. The van der Waals surface area contributed by atoms with E-state index in [1.165, 1.54) is 11.1 Å². The van der Waals surface area contributed by atoms with Crippen LogP contribution in [0.5, 0.6) is 0 Å². The average molecular weight is 550 g/mol. The fraction of sp³-hybridized carbons (Fsp3) is 0.353. The highest BCUT2D eigenvalue weighted by Gasteiger charge is 2.25. The molecule has 0 atom stereocenters. The van der Waals surface area contributed by atoms with Crippen molar-refractivity contribution in [1.29, 1.82) is 0 Å². The summed E-state index contributed by atoms with van der Waals surface area (Å²) in [5, 5.41) is 7.34. The Morgan fingerprint density at radius 2 is 1.66 bits per heavy atom. The van der Waals surface area contributed by atoms with Crippen LogP contribution < -0.4 is 5.32 Å². The van der Waals surface area contributed by atoms with E-state index in [2.05, 4.69) is 60.4 Å². The molecule has 1 fully saturated rings. The lowest BCUT2D eigenvalue weighted by Gasteiger charge is -2.32. The SMILES string of the molecule is Cc1ccc(C(=O)N2CCC(c3ccc(-c4cnn(C)c4C)cc3)CC2)cc1NC(=O)c1ccc(CC(C)C)nc1. The van der Waals surface area contributed by atoms with E-state index in [0.717, 1.165) is 41.8 Å². The van der Waals surface area contributed by atoms with Crippen LogP contribution in [0.25, 0.3) is 11.1 Å². The minimum atomic E-state index is -0.230. The highest BCUT2D eigenvalue weighted by atomic mass is 16.2. The number of rotatable bonds is 7. The number of carbonyl (C=O) groups is 2. The number of aromatic nitrogens is 3. The lowest BCUT2D eigenvalue weighted by molar-refractivity contribution is 0.0712. The molecule has 3 heterocycles. The third-order valence-electron chi connectivity index (χ3n) is 8.15. The fourth-order valence-corrected chi connectivity index (χ4v) is 5.50. The smallest absolute Gasteiger partial charge is 0.257 e. The minimum absolute atomic E-state index is 0.000977. The molecule has 0 unspecified atom stereocenters. The summed E-state index contributed by atoms with van der Waals surface area (Å²) in [6.07, 6.45) is 6.26. The van der Waals surface area contributed by atoms with Crippen molar-refractivity contribution in [2.75, 3.05) is 18.4 Å². The largest absolute Gasteiger partial charge is 0.339 e. The Balaban J connectivity index is 1.20. The first-order valence-electron chi connectivity index (χ1n) is 14.4. The van der Waals surface area contributed by atoms with E-state index < -0.39 is 0 Å². The first kappa shape index (κ1) is 28.3. The van der Waals surface area contributed by atoms with Crippen LogP contribution >= 0.6 is 0 Å². The van der Waals surface area contributed by atoms with E-state index in [0.29, 0.717) is 41.7 Å². The van der Waals surface area contributed by atoms with Crippen LogP contribution in [0, 0.1) is 19.8 Å². The van der Waals surface area contributed by atoms with Crippen molar-refractivity contribution in [2.24, 2.45) is 13.0 Å². The molecule has 2 aromatic heterocycles. The Kier molecular flexibility index (Phi) is 8.34. The van der Waals surface area contributed by atoms with Gasteiger partial charge in [0.25, 0.3) is 11.8 Å². The van der Waals surface area contributed by atoms with Crippen molar-refractivity contribution in [3.8, 4) is 11.1 Å². The Morgan fingerprint density at radius 1 is 0.951 bits per heavy atom. The van der Waals surface area contributed by atoms with Crippen molar-refractivity contribution in [2.45, 2.75) is 52.9 Å². The van der Waals surface area contributed by atoms with E-state index in [1.54, 1.807) is 12.3 Å². The Labute approximate surface area is 242 Å². The second-order valence-corrected chi connectivity index (χ2v) is 11.6. The number of hydrogen-bond acceptors (Lipinski definition) is 4. The zero-order chi connectivity index (χ0) is 29.1. The maximum absolute atomic E-state index is 13.4. The van der Waals surface area contributed by atoms with Gasteiger partial charge in [0.05, 0.1) is 11.8 Å². The van der Waals surface area contributed by atoms with E-state index in [-0.39, 0.29) is 11.8 Å². The van der Waals surface area contributed by atoms with Crippen LogP contribution in [-0.2, 0) is 13.5 Å². The number of nitrogens with one attached hydrogen (secondary N) is 1. The zero-order valence-electron chi connectivity index (χ0n) is 24.6. The van der Waals surface area contributed by atoms with Crippen LogP contribution in [-0.4, -0.2) is 44.6 Å². The van der Waals surface area contributed by atoms with E-state index in [1.807, 2.05) is 54.0 Å². The number of piperidine rings is 1. The van der Waals surface area contributed by atoms with Crippen molar-refractivity contribution in [3.63, 3.8) is 0 Å². The predicted octanol–water partition coefficient (Wildman–Crippen LogP) is 6.57. The van der Waals surface area contributed by atoms with Gasteiger partial charge in [-0.1, -0.05) is 44.2 Å². The van der Waals surface area contributed by atoms with E-state index in [4.69, 9.17) is 0 Å². The molecule has 7 nitrogen and oxygen atoms in total. The Morgan fingerprint density at radius 3 is 2.27 bits per heavy atom. The third kappa shape index (κ3) is 6.40. The quantitative estimate of drug-likeness (QED) is 0.283. The molecule has 1 aliphatic rings. The standard InChI is InChI=1S/C34H39N5O2/c1-22(2)18-30-13-12-29(20-35-30)33(40)37-32-19-28(7-6-23(32)3)34(41)39-16-14-26(15-17-39)25-8-10-27(11-9-25)31-21-36-38(5)24(31)4/h6-13,19-22,26H,14-18H2,1-5H3,(H,37,40). The molecule has 0 spiro atoms. The molecule has 2 aromatic carbocycles. The molecule has 212 valence electrons. The van der Waals surface area contributed by atoms with Crippen LogP contribution in [0.1, 0.15) is 75.8 Å². The highest BCUT2D eigenvalue weighted by Crippen LogP contribution is 2.31. The van der Waals surface area contributed by atoms with Gasteiger partial charge in [-0.2, -0.15) is 5.10 Å². The van der Waals surface area contributed by atoms with Gasteiger partial charge in [0, 0.05) is 54.5 Å². The van der Waals surface area contributed by atoms with Crippen molar-refractivity contribution < 1.29 is 9.59 Å². The number of carbonyl (C=O) groups excluding carboxylic acids is 2. The summed E-state index contributed by atoms with van der Waals surface area (Å²) in [6, 6.07) is 18.0. The maximum atomic E-state index is 13.4. The number of pyridine rings is 1. The lowest BCUT2D eigenvalue weighted by Crippen LogP contribution is -2.38. The third-order valence-corrected chi connectivity index (χ3v) is 8.15. The number of anilines is 1. The molecule has 1 aliphatic heterocycles. The fourth-order valence-electron chi connectivity index (χ4n) is 5.50. The molecule has 2 amide bonds. The molecule has 1 saturated heterocycles. The van der Waals surface area contributed by atoms with E-state index >= 15 is 0 Å². The van der Waals surface area contributed by atoms with Gasteiger partial charge in [-0.25, -0.2) is 0 Å². The van der Waals surface area contributed by atoms with Gasteiger partial charge in [-0.15, -0.1) is 0 Å². The zero-order valence-corrected chi connectivity index (χ0v) is 24.6. The number of aryl methyl sites for hydroxylation is 2. The normalized spacial score (nSPS) is 14.0. The van der Waals surface area contributed by atoms with Crippen LogP contribution in [0.15, 0.2) is 67.0 Å². The lowest BCUT2D eigenvalue weighted by atomic mass is 9.88. The molecule has 5 rings (SSSR count). The molecule has 0 radical (unpaired) electrons. The molecule has 4 aromatic rings. The molecule has 0 aliphatic carbocycles. The number of amides is 2. The van der Waals surface area contributed by atoms with Crippen LogP contribution in [0.3, 0.4) is 0 Å². The van der Waals surface area contributed by atoms with Crippen molar-refractivity contribution >= 4 is 17.5 Å². The van der Waals surface area contributed by atoms with Gasteiger partial charge < -0.3 is 10.2 Å². The molecule has 0 saturated carbocycles. The van der Waals surface area contributed by atoms with Crippen molar-refractivity contribution in [3.05, 3.63) is 101 Å². The first-order chi connectivity index (χ1) is 19.7.